The molecule has 0 unspecified atom stereocenters. The molecule has 0 heterocycles. The molecule has 0 fully saturated rings. The Hall–Kier alpha value is -0.980. The van der Waals surface area contributed by atoms with Crippen LogP contribution in [-0.4, -0.2) is 47.9 Å². The zero-order valence-electron chi connectivity index (χ0n) is 13.0. The molecule has 4 nitrogen and oxygen atoms in total. The van der Waals surface area contributed by atoms with Crippen LogP contribution < -0.4 is 5.32 Å². The summed E-state index contributed by atoms with van der Waals surface area (Å²) < 4.78 is 41.3. The minimum atomic E-state index is -4.25. The number of nitrogens with one attached hydrogen (secondary N) is 1. The van der Waals surface area contributed by atoms with Gasteiger partial charge in [-0.3, -0.25) is 0 Å². The van der Waals surface area contributed by atoms with Crippen LogP contribution in [0.3, 0.4) is 0 Å². The van der Waals surface area contributed by atoms with E-state index in [1.54, 1.807) is 41.5 Å². The Balaban J connectivity index is 4.49. The van der Waals surface area contributed by atoms with Gasteiger partial charge in [0.1, 0.15) is 5.60 Å². The summed E-state index contributed by atoms with van der Waals surface area (Å²) in [6.45, 7) is 9.78. The Morgan fingerprint density at radius 2 is 1.60 bits per heavy atom. The highest BCUT2D eigenvalue weighted by Crippen LogP contribution is 2.18. The van der Waals surface area contributed by atoms with Gasteiger partial charge in [-0.15, -0.1) is 0 Å². The van der Waals surface area contributed by atoms with Crippen molar-refractivity contribution >= 4 is 6.09 Å². The molecule has 1 N–H and O–H groups in total. The number of hydrogen-bond acceptors (Lipinski definition) is 3. The van der Waals surface area contributed by atoms with Crippen molar-refractivity contribution in [1.29, 1.82) is 0 Å². The van der Waals surface area contributed by atoms with E-state index in [-0.39, 0.29) is 13.1 Å². The number of hydrogen-bond donors (Lipinski definition) is 1. The van der Waals surface area contributed by atoms with Crippen molar-refractivity contribution < 1.29 is 22.7 Å². The third-order valence-corrected chi connectivity index (χ3v) is 2.26. The lowest BCUT2D eigenvalue weighted by Gasteiger charge is -2.37. The molecule has 0 aliphatic rings. The maximum atomic E-state index is 12.1. The summed E-state index contributed by atoms with van der Waals surface area (Å²) in [4.78, 5) is 13.5. The predicted octanol–water partition coefficient (Wildman–Crippen LogP) is 3.17. The molecule has 0 atom stereocenters. The van der Waals surface area contributed by atoms with Crippen LogP contribution in [-0.2, 0) is 4.74 Å². The maximum Gasteiger partial charge on any atom is 0.410 e. The van der Waals surface area contributed by atoms with Crippen LogP contribution >= 0.6 is 0 Å². The van der Waals surface area contributed by atoms with Crippen molar-refractivity contribution in [1.82, 2.24) is 10.2 Å². The monoisotopic (exact) mass is 298 g/mol. The lowest BCUT2D eigenvalue weighted by Crippen LogP contribution is -2.50. The average Bonchev–Trinajstić information content (AvgIpc) is 2.09. The van der Waals surface area contributed by atoms with Gasteiger partial charge in [0, 0.05) is 18.6 Å². The Bertz CT molecular complexity index is 317. The highest BCUT2D eigenvalue weighted by atomic mass is 19.4. The lowest BCUT2D eigenvalue weighted by molar-refractivity contribution is -0.124. The first kappa shape index (κ1) is 19.0. The highest BCUT2D eigenvalue weighted by molar-refractivity contribution is 5.69. The fraction of sp³-hybridized carbons (Fsp3) is 0.923. The second-order valence-corrected chi connectivity index (χ2v) is 6.59. The first-order chi connectivity index (χ1) is 8.72. The number of halogens is 3. The molecule has 120 valence electrons. The zero-order valence-corrected chi connectivity index (χ0v) is 13.0. The molecule has 0 aliphatic heterocycles. The van der Waals surface area contributed by atoms with Crippen molar-refractivity contribution in [2.24, 2.45) is 0 Å². The summed E-state index contributed by atoms with van der Waals surface area (Å²) in [6.07, 6.45) is -4.78. The van der Waals surface area contributed by atoms with Crippen LogP contribution in [0.2, 0.25) is 0 Å². The van der Waals surface area contributed by atoms with Crippen molar-refractivity contribution in [2.75, 3.05) is 19.6 Å². The number of rotatable bonds is 4. The number of amides is 1. The molecule has 0 aromatic carbocycles. The van der Waals surface area contributed by atoms with Crippen molar-refractivity contribution in [2.45, 2.75) is 58.9 Å². The first-order valence-electron chi connectivity index (χ1n) is 6.50. The minimum absolute atomic E-state index is 0.0516. The van der Waals surface area contributed by atoms with Crippen molar-refractivity contribution in [3.63, 3.8) is 0 Å². The molecular formula is C13H25F3N2O2. The molecule has 0 radical (unpaired) electrons. The van der Waals surface area contributed by atoms with E-state index < -0.39 is 30.0 Å². The minimum Gasteiger partial charge on any atom is -0.444 e. The number of ether oxygens (including phenoxy) is 1. The van der Waals surface area contributed by atoms with E-state index >= 15 is 0 Å². The van der Waals surface area contributed by atoms with E-state index in [0.29, 0.717) is 0 Å². The molecule has 0 saturated heterocycles. The highest BCUT2D eigenvalue weighted by Gasteiger charge is 2.31. The van der Waals surface area contributed by atoms with Gasteiger partial charge in [-0.05, 0) is 41.5 Å². The van der Waals surface area contributed by atoms with Gasteiger partial charge in [-0.25, -0.2) is 4.79 Å². The summed E-state index contributed by atoms with van der Waals surface area (Å²) in [7, 11) is 0. The second kappa shape index (κ2) is 6.65. The Morgan fingerprint density at radius 1 is 1.10 bits per heavy atom. The van der Waals surface area contributed by atoms with E-state index in [2.05, 4.69) is 5.32 Å². The van der Waals surface area contributed by atoms with Crippen LogP contribution in [0.25, 0.3) is 0 Å². The number of carbonyl (C=O) groups excluding carboxylic acids is 1. The van der Waals surface area contributed by atoms with Gasteiger partial charge in [0.15, 0.2) is 0 Å². The van der Waals surface area contributed by atoms with E-state index in [4.69, 9.17) is 4.74 Å². The summed E-state index contributed by atoms with van der Waals surface area (Å²) >= 11 is 0. The fourth-order valence-electron chi connectivity index (χ4n) is 1.44. The normalized spacial score (nSPS) is 13.2. The first-order valence-corrected chi connectivity index (χ1v) is 6.50. The summed E-state index contributed by atoms with van der Waals surface area (Å²) in [5, 5.41) is 2.27. The molecule has 0 spiro atoms. The smallest absolute Gasteiger partial charge is 0.410 e. The third kappa shape index (κ3) is 9.01. The Kier molecular flexibility index (Phi) is 6.32. The molecule has 0 aromatic rings. The van der Waals surface area contributed by atoms with E-state index in [1.165, 1.54) is 4.90 Å². The molecular weight excluding hydrogens is 273 g/mol. The van der Waals surface area contributed by atoms with Gasteiger partial charge in [0.2, 0.25) is 0 Å². The van der Waals surface area contributed by atoms with Gasteiger partial charge in [0.25, 0.3) is 0 Å². The maximum absolute atomic E-state index is 12.1. The van der Waals surface area contributed by atoms with Crippen LogP contribution in [0.4, 0.5) is 18.0 Å². The van der Waals surface area contributed by atoms with Gasteiger partial charge >= 0.3 is 12.3 Å². The molecule has 7 heteroatoms. The second-order valence-electron chi connectivity index (χ2n) is 6.59. The molecule has 0 rings (SSSR count). The van der Waals surface area contributed by atoms with Gasteiger partial charge in [-0.1, -0.05) is 0 Å². The summed E-state index contributed by atoms with van der Waals surface area (Å²) in [5.74, 6) is 0. The van der Waals surface area contributed by atoms with E-state index in [1.807, 2.05) is 0 Å². The van der Waals surface area contributed by atoms with Gasteiger partial charge in [-0.2, -0.15) is 13.2 Å². The third-order valence-electron chi connectivity index (χ3n) is 2.26. The number of carbonyl (C=O) groups is 1. The fourth-order valence-corrected chi connectivity index (χ4v) is 1.44. The van der Waals surface area contributed by atoms with Gasteiger partial charge in [0.05, 0.1) is 6.54 Å². The Labute approximate surface area is 118 Å². The lowest BCUT2D eigenvalue weighted by atomic mass is 10.1. The van der Waals surface area contributed by atoms with E-state index in [0.717, 1.165) is 0 Å². The summed E-state index contributed by atoms with van der Waals surface area (Å²) in [5.41, 5.74) is -1.16. The quantitative estimate of drug-likeness (QED) is 0.811. The number of alkyl halides is 3. The standard InChI is InChI=1S/C13H25F3N2O2/c1-11(2,3)18(10(19)20-12(4,5)6)8-7-17-9-13(14,15)16/h17H,7-9H2,1-6H3. The molecule has 0 aliphatic carbocycles. The topological polar surface area (TPSA) is 41.6 Å². The number of nitrogens with zero attached hydrogens (tertiary/aromatic N) is 1. The van der Waals surface area contributed by atoms with Crippen LogP contribution in [0.15, 0.2) is 0 Å². The molecule has 0 saturated carbocycles. The average molecular weight is 298 g/mol. The predicted molar refractivity (Wildman–Crippen MR) is 71.6 cm³/mol. The zero-order chi connectivity index (χ0) is 16.2. The van der Waals surface area contributed by atoms with Crippen LogP contribution in [0, 0.1) is 0 Å². The molecule has 0 aromatic heterocycles. The van der Waals surface area contributed by atoms with Crippen molar-refractivity contribution in [3.8, 4) is 0 Å². The molecule has 1 amide bonds. The van der Waals surface area contributed by atoms with Crippen LogP contribution in [0.1, 0.15) is 41.5 Å². The van der Waals surface area contributed by atoms with Gasteiger partial charge < -0.3 is 15.0 Å². The van der Waals surface area contributed by atoms with Crippen LogP contribution in [0.5, 0.6) is 0 Å². The van der Waals surface area contributed by atoms with Crippen molar-refractivity contribution in [3.05, 3.63) is 0 Å². The Morgan fingerprint density at radius 3 is 1.95 bits per heavy atom. The summed E-state index contributed by atoms with van der Waals surface area (Å²) in [6, 6.07) is 0. The largest absolute Gasteiger partial charge is 0.444 e. The van der Waals surface area contributed by atoms with E-state index in [9.17, 15) is 18.0 Å². The SMILES string of the molecule is CC(C)(C)OC(=O)N(CCNCC(F)(F)F)C(C)(C)C. The molecule has 20 heavy (non-hydrogen) atoms. The molecule has 0 bridgehead atoms.